The Kier molecular flexibility index (Phi) is 3.15. The molecule has 2 saturated carbocycles. The summed E-state index contributed by atoms with van der Waals surface area (Å²) in [7, 11) is 0. The van der Waals surface area contributed by atoms with Crippen LogP contribution in [0.25, 0.3) is 0 Å². The predicted octanol–water partition coefficient (Wildman–Crippen LogP) is 3.16. The van der Waals surface area contributed by atoms with Crippen molar-refractivity contribution in [1.29, 1.82) is 0 Å². The second-order valence-electron chi connectivity index (χ2n) is 6.49. The molecule has 5 heteroatoms. The quantitative estimate of drug-likeness (QED) is 0.812. The molecule has 22 heavy (non-hydrogen) atoms. The van der Waals surface area contributed by atoms with Crippen LogP contribution < -0.4 is 5.32 Å². The van der Waals surface area contributed by atoms with Gasteiger partial charge in [-0.15, -0.1) is 0 Å². The molecule has 4 nitrogen and oxygen atoms in total. The Morgan fingerprint density at radius 1 is 1.05 bits per heavy atom. The molecule has 2 bridgehead atoms. The monoisotopic (exact) mass is 361 g/mol. The molecule has 6 atom stereocenters. The lowest BCUT2D eigenvalue weighted by Gasteiger charge is -2.41. The van der Waals surface area contributed by atoms with Gasteiger partial charge in [0.2, 0.25) is 5.91 Å². The van der Waals surface area contributed by atoms with Gasteiger partial charge in [0.25, 0.3) is 0 Å². The van der Waals surface area contributed by atoms with Crippen molar-refractivity contribution >= 4 is 33.5 Å². The van der Waals surface area contributed by atoms with Crippen LogP contribution in [-0.4, -0.2) is 17.0 Å². The lowest BCUT2D eigenvalue weighted by Crippen LogP contribution is -2.48. The summed E-state index contributed by atoms with van der Waals surface area (Å²) < 4.78 is 0.939. The summed E-state index contributed by atoms with van der Waals surface area (Å²) >= 11 is 3.36. The van der Waals surface area contributed by atoms with Crippen molar-refractivity contribution in [2.75, 3.05) is 5.32 Å². The molecule has 1 aromatic rings. The number of hydrogen-bond donors (Lipinski definition) is 2. The van der Waals surface area contributed by atoms with E-state index in [-0.39, 0.29) is 17.7 Å². The van der Waals surface area contributed by atoms with E-state index < -0.39 is 17.8 Å². The van der Waals surface area contributed by atoms with E-state index in [0.717, 1.165) is 10.9 Å². The largest absolute Gasteiger partial charge is 0.481 e. The zero-order valence-corrected chi connectivity index (χ0v) is 13.4. The molecule has 0 aliphatic heterocycles. The first-order valence-electron chi connectivity index (χ1n) is 7.54. The molecular formula is C17H16BrNO3. The molecule has 0 unspecified atom stereocenters. The number of benzene rings is 1. The number of anilines is 1. The fourth-order valence-corrected chi connectivity index (χ4v) is 4.59. The van der Waals surface area contributed by atoms with Crippen molar-refractivity contribution in [3.05, 3.63) is 40.9 Å². The first-order chi connectivity index (χ1) is 10.6. The molecule has 2 N–H and O–H groups in total. The van der Waals surface area contributed by atoms with Gasteiger partial charge in [0.15, 0.2) is 0 Å². The fraction of sp³-hybridized carbons (Fsp3) is 0.412. The molecule has 0 spiro atoms. The molecule has 1 amide bonds. The van der Waals surface area contributed by atoms with Crippen LogP contribution in [-0.2, 0) is 9.59 Å². The minimum absolute atomic E-state index is 0.0215. The SMILES string of the molecule is O=C(O)[C@@H]1[C@H]2C=C[C@@H]([C@@H]3C[C@@H]23)[C@@H]1C(=O)Nc1ccc(Br)cc1. The van der Waals surface area contributed by atoms with E-state index in [1.165, 1.54) is 0 Å². The normalized spacial score (nSPS) is 37.5. The average molecular weight is 362 g/mol. The van der Waals surface area contributed by atoms with Gasteiger partial charge in [0.1, 0.15) is 0 Å². The zero-order valence-electron chi connectivity index (χ0n) is 11.8. The van der Waals surface area contributed by atoms with Gasteiger partial charge in [-0.2, -0.15) is 0 Å². The number of carbonyl (C=O) groups excluding carboxylic acids is 1. The van der Waals surface area contributed by atoms with E-state index in [1.807, 2.05) is 30.3 Å². The molecule has 114 valence electrons. The van der Waals surface area contributed by atoms with Crippen LogP contribution in [0.15, 0.2) is 40.9 Å². The number of hydrogen-bond acceptors (Lipinski definition) is 2. The van der Waals surface area contributed by atoms with E-state index in [4.69, 9.17) is 0 Å². The Hall–Kier alpha value is -1.62. The number of aliphatic carboxylic acids is 1. The number of carboxylic acid groups (broad SMARTS) is 1. The highest BCUT2D eigenvalue weighted by Crippen LogP contribution is 2.63. The van der Waals surface area contributed by atoms with Gasteiger partial charge in [0.05, 0.1) is 11.8 Å². The molecule has 4 aliphatic carbocycles. The van der Waals surface area contributed by atoms with Crippen molar-refractivity contribution in [1.82, 2.24) is 0 Å². The van der Waals surface area contributed by atoms with Gasteiger partial charge < -0.3 is 10.4 Å². The Morgan fingerprint density at radius 3 is 2.23 bits per heavy atom. The summed E-state index contributed by atoms with van der Waals surface area (Å²) in [5.74, 6) is -0.979. The number of nitrogens with one attached hydrogen (secondary N) is 1. The van der Waals surface area contributed by atoms with Crippen molar-refractivity contribution in [3.8, 4) is 0 Å². The maximum atomic E-state index is 12.7. The summed E-state index contributed by atoms with van der Waals surface area (Å²) in [5.41, 5.74) is 0.704. The maximum absolute atomic E-state index is 12.7. The number of amides is 1. The highest BCUT2D eigenvalue weighted by atomic mass is 79.9. The Labute approximate surface area is 136 Å². The van der Waals surface area contributed by atoms with Gasteiger partial charge in [-0.05, 0) is 54.4 Å². The topological polar surface area (TPSA) is 66.4 Å². The molecule has 0 heterocycles. The standard InChI is InChI=1S/C17H16BrNO3/c18-8-1-3-9(4-2-8)19-16(20)14-10-5-6-11(13-7-12(10)13)15(14)17(21)22/h1-6,10-15H,7H2,(H,19,20)(H,21,22)/t10-,11-,12-,13-,14-,15+/m0/s1. The first kappa shape index (κ1) is 14.0. The third-order valence-corrected chi connectivity index (χ3v) is 5.88. The number of allylic oxidation sites excluding steroid dienone is 2. The fourth-order valence-electron chi connectivity index (χ4n) is 4.33. The van der Waals surface area contributed by atoms with Crippen LogP contribution in [0.2, 0.25) is 0 Å². The summed E-state index contributed by atoms with van der Waals surface area (Å²) in [5, 5.41) is 12.5. The van der Waals surface area contributed by atoms with E-state index in [1.54, 1.807) is 0 Å². The Bertz CT molecular complexity index is 669. The smallest absolute Gasteiger partial charge is 0.307 e. The average Bonchev–Trinajstić information content (AvgIpc) is 3.30. The molecule has 4 aliphatic rings. The Balaban J connectivity index is 1.60. The van der Waals surface area contributed by atoms with Gasteiger partial charge in [0, 0.05) is 10.2 Å². The number of halogens is 1. The highest BCUT2D eigenvalue weighted by molar-refractivity contribution is 9.10. The van der Waals surface area contributed by atoms with Gasteiger partial charge in [-0.3, -0.25) is 9.59 Å². The van der Waals surface area contributed by atoms with Crippen LogP contribution in [0.3, 0.4) is 0 Å². The number of fused-ring (bicyclic) bond motifs is 1. The summed E-state index contributed by atoms with van der Waals surface area (Å²) in [4.78, 5) is 24.4. The highest BCUT2D eigenvalue weighted by Gasteiger charge is 2.62. The number of rotatable bonds is 3. The molecule has 2 fully saturated rings. The second-order valence-corrected chi connectivity index (χ2v) is 7.40. The lowest BCUT2D eigenvalue weighted by atomic mass is 9.62. The van der Waals surface area contributed by atoms with Gasteiger partial charge in [-0.1, -0.05) is 28.1 Å². The van der Waals surface area contributed by atoms with Crippen molar-refractivity contribution < 1.29 is 14.7 Å². The predicted molar refractivity (Wildman–Crippen MR) is 85.1 cm³/mol. The van der Waals surface area contributed by atoms with E-state index >= 15 is 0 Å². The van der Waals surface area contributed by atoms with Crippen LogP contribution in [0.1, 0.15) is 6.42 Å². The van der Waals surface area contributed by atoms with Crippen LogP contribution >= 0.6 is 15.9 Å². The third kappa shape index (κ3) is 2.10. The van der Waals surface area contributed by atoms with Crippen LogP contribution in [0.4, 0.5) is 5.69 Å². The number of carbonyl (C=O) groups is 2. The third-order valence-electron chi connectivity index (χ3n) is 5.35. The molecule has 0 aromatic heterocycles. The lowest BCUT2D eigenvalue weighted by molar-refractivity contribution is -0.152. The summed E-state index contributed by atoms with van der Waals surface area (Å²) in [6, 6.07) is 7.34. The zero-order chi connectivity index (χ0) is 15.4. The van der Waals surface area contributed by atoms with E-state index in [0.29, 0.717) is 17.5 Å². The first-order valence-corrected chi connectivity index (χ1v) is 8.33. The van der Waals surface area contributed by atoms with Gasteiger partial charge >= 0.3 is 5.97 Å². The van der Waals surface area contributed by atoms with Gasteiger partial charge in [-0.25, -0.2) is 0 Å². The minimum Gasteiger partial charge on any atom is -0.481 e. The number of carboxylic acids is 1. The maximum Gasteiger partial charge on any atom is 0.307 e. The molecule has 1 aromatic carbocycles. The van der Waals surface area contributed by atoms with Crippen molar-refractivity contribution in [3.63, 3.8) is 0 Å². The molecule has 0 saturated heterocycles. The molecule has 5 rings (SSSR count). The van der Waals surface area contributed by atoms with Crippen LogP contribution in [0, 0.1) is 35.5 Å². The van der Waals surface area contributed by atoms with Crippen LogP contribution in [0.5, 0.6) is 0 Å². The molecule has 0 radical (unpaired) electrons. The summed E-state index contributed by atoms with van der Waals surface area (Å²) in [6.45, 7) is 0. The van der Waals surface area contributed by atoms with E-state index in [9.17, 15) is 14.7 Å². The second kappa shape index (κ2) is 4.95. The summed E-state index contributed by atoms with van der Waals surface area (Å²) in [6.07, 6.45) is 5.17. The van der Waals surface area contributed by atoms with E-state index in [2.05, 4.69) is 27.3 Å². The minimum atomic E-state index is -0.847. The Morgan fingerprint density at radius 2 is 1.64 bits per heavy atom. The molecular weight excluding hydrogens is 346 g/mol. The van der Waals surface area contributed by atoms with Crippen molar-refractivity contribution in [2.45, 2.75) is 6.42 Å². The van der Waals surface area contributed by atoms with Crippen molar-refractivity contribution in [2.24, 2.45) is 35.5 Å².